The average Bonchev–Trinajstić information content (AvgIpc) is 2.73. The van der Waals surface area contributed by atoms with Crippen LogP contribution in [0.1, 0.15) is 21.5 Å². The second kappa shape index (κ2) is 8.94. The maximum atomic E-state index is 12.8. The zero-order valence-corrected chi connectivity index (χ0v) is 15.7. The van der Waals surface area contributed by atoms with Crippen LogP contribution in [0.25, 0.3) is 0 Å². The maximum Gasteiger partial charge on any atom is 0.255 e. The van der Waals surface area contributed by atoms with E-state index in [1.54, 1.807) is 29.7 Å². The number of benzene rings is 1. The van der Waals surface area contributed by atoms with Gasteiger partial charge in [0, 0.05) is 45.8 Å². The second-order valence-electron chi connectivity index (χ2n) is 6.61. The van der Waals surface area contributed by atoms with E-state index in [1.807, 2.05) is 62.6 Å². The molecule has 1 amide bonds. The first-order chi connectivity index (χ1) is 13.1. The van der Waals surface area contributed by atoms with E-state index in [4.69, 9.17) is 0 Å². The van der Waals surface area contributed by atoms with Gasteiger partial charge in [0.05, 0.1) is 17.4 Å². The molecule has 2 heterocycles. The Kier molecular flexibility index (Phi) is 6.15. The van der Waals surface area contributed by atoms with Gasteiger partial charge in [0.2, 0.25) is 0 Å². The summed E-state index contributed by atoms with van der Waals surface area (Å²) in [6.45, 7) is 1.41. The fourth-order valence-corrected chi connectivity index (χ4v) is 2.88. The monoisotopic (exact) mass is 360 g/mol. The molecule has 0 spiro atoms. The van der Waals surface area contributed by atoms with Crippen LogP contribution in [0.4, 0.5) is 5.69 Å². The van der Waals surface area contributed by atoms with Gasteiger partial charge in [0.1, 0.15) is 0 Å². The molecule has 0 saturated carbocycles. The number of anilines is 1. The van der Waals surface area contributed by atoms with Crippen molar-refractivity contribution in [3.8, 4) is 0 Å². The molecule has 3 rings (SSSR count). The number of rotatable bonds is 7. The van der Waals surface area contributed by atoms with Gasteiger partial charge in [0.15, 0.2) is 0 Å². The highest BCUT2D eigenvalue weighted by molar-refractivity contribution is 5.94. The van der Waals surface area contributed by atoms with Gasteiger partial charge in [0.25, 0.3) is 5.91 Å². The average molecular weight is 360 g/mol. The molecule has 138 valence electrons. The number of pyridine rings is 2. The van der Waals surface area contributed by atoms with Gasteiger partial charge in [-0.15, -0.1) is 0 Å². The van der Waals surface area contributed by atoms with Gasteiger partial charge >= 0.3 is 0 Å². The van der Waals surface area contributed by atoms with Crippen molar-refractivity contribution < 1.29 is 4.79 Å². The van der Waals surface area contributed by atoms with Crippen LogP contribution in [0.15, 0.2) is 73.3 Å². The lowest BCUT2D eigenvalue weighted by atomic mass is 10.1. The van der Waals surface area contributed by atoms with Crippen LogP contribution < -0.4 is 4.90 Å². The number of aromatic nitrogens is 2. The molecular weight excluding hydrogens is 336 g/mol. The molecule has 0 aliphatic rings. The van der Waals surface area contributed by atoms with Crippen molar-refractivity contribution in [2.45, 2.75) is 13.0 Å². The highest BCUT2D eigenvalue weighted by atomic mass is 16.2. The van der Waals surface area contributed by atoms with E-state index >= 15 is 0 Å². The van der Waals surface area contributed by atoms with Crippen LogP contribution >= 0.6 is 0 Å². The Morgan fingerprint density at radius 1 is 0.926 bits per heavy atom. The van der Waals surface area contributed by atoms with Crippen LogP contribution in [0, 0.1) is 0 Å². The Hall–Kier alpha value is -3.21. The van der Waals surface area contributed by atoms with Crippen LogP contribution in [-0.4, -0.2) is 41.4 Å². The standard InChI is InChI=1S/C22H24N4O/c1-25(13-10-18-8-11-23-12-9-18)21-14-20(15-24-16-21)22(27)26(2)17-19-6-4-3-5-7-19/h3-9,11-12,14-16H,10,13,17H2,1-2H3. The van der Waals surface area contributed by atoms with E-state index < -0.39 is 0 Å². The van der Waals surface area contributed by atoms with Gasteiger partial charge < -0.3 is 9.80 Å². The Morgan fingerprint density at radius 3 is 2.41 bits per heavy atom. The molecule has 0 unspecified atom stereocenters. The van der Waals surface area contributed by atoms with E-state index in [-0.39, 0.29) is 5.91 Å². The number of hydrogen-bond donors (Lipinski definition) is 0. The van der Waals surface area contributed by atoms with Crippen molar-refractivity contribution in [3.63, 3.8) is 0 Å². The topological polar surface area (TPSA) is 49.3 Å². The van der Waals surface area contributed by atoms with Crippen molar-refractivity contribution in [2.75, 3.05) is 25.5 Å². The van der Waals surface area contributed by atoms with Gasteiger partial charge in [-0.1, -0.05) is 30.3 Å². The van der Waals surface area contributed by atoms with E-state index in [2.05, 4.69) is 14.9 Å². The molecule has 0 aliphatic heterocycles. The molecule has 0 N–H and O–H groups in total. The minimum atomic E-state index is -0.0317. The Labute approximate surface area is 160 Å². The fourth-order valence-electron chi connectivity index (χ4n) is 2.88. The Bertz CT molecular complexity index is 868. The summed E-state index contributed by atoms with van der Waals surface area (Å²) < 4.78 is 0. The molecule has 0 fully saturated rings. The molecule has 0 saturated heterocycles. The number of hydrogen-bond acceptors (Lipinski definition) is 4. The number of likely N-dealkylation sites (N-methyl/N-ethyl adjacent to an activating group) is 1. The minimum Gasteiger partial charge on any atom is -0.373 e. The first kappa shape index (κ1) is 18.6. The highest BCUT2D eigenvalue weighted by Crippen LogP contribution is 2.16. The molecule has 3 aromatic rings. The molecule has 0 radical (unpaired) electrons. The lowest BCUT2D eigenvalue weighted by molar-refractivity contribution is 0.0784. The molecule has 0 bridgehead atoms. The van der Waals surface area contributed by atoms with E-state index in [1.165, 1.54) is 5.56 Å². The fraction of sp³-hybridized carbons (Fsp3) is 0.227. The molecule has 0 atom stereocenters. The Balaban J connectivity index is 1.64. The summed E-state index contributed by atoms with van der Waals surface area (Å²) in [5.41, 5.74) is 3.87. The smallest absolute Gasteiger partial charge is 0.255 e. The third kappa shape index (κ3) is 5.14. The van der Waals surface area contributed by atoms with Gasteiger partial charge in [-0.3, -0.25) is 14.8 Å². The lowest BCUT2D eigenvalue weighted by Gasteiger charge is -2.21. The third-order valence-corrected chi connectivity index (χ3v) is 4.51. The van der Waals surface area contributed by atoms with Gasteiger partial charge in [-0.2, -0.15) is 0 Å². The Morgan fingerprint density at radius 2 is 1.67 bits per heavy atom. The predicted octanol–water partition coefficient (Wildman–Crippen LogP) is 3.43. The van der Waals surface area contributed by atoms with Crippen molar-refractivity contribution in [1.82, 2.24) is 14.9 Å². The van der Waals surface area contributed by atoms with E-state index in [9.17, 15) is 4.79 Å². The lowest BCUT2D eigenvalue weighted by Crippen LogP contribution is -2.27. The highest BCUT2D eigenvalue weighted by Gasteiger charge is 2.14. The quantitative estimate of drug-likeness (QED) is 0.648. The summed E-state index contributed by atoms with van der Waals surface area (Å²) in [7, 11) is 3.83. The summed E-state index contributed by atoms with van der Waals surface area (Å²) in [6, 6.07) is 15.9. The molecule has 0 aliphatic carbocycles. The van der Waals surface area contributed by atoms with Crippen molar-refractivity contribution in [2.24, 2.45) is 0 Å². The molecule has 1 aromatic carbocycles. The predicted molar refractivity (Wildman–Crippen MR) is 108 cm³/mol. The molecule has 27 heavy (non-hydrogen) atoms. The first-order valence-corrected chi connectivity index (χ1v) is 8.98. The summed E-state index contributed by atoms with van der Waals surface area (Å²) in [5.74, 6) is -0.0317. The number of nitrogens with zero attached hydrogens (tertiary/aromatic N) is 4. The van der Waals surface area contributed by atoms with Crippen LogP contribution in [-0.2, 0) is 13.0 Å². The number of amides is 1. The summed E-state index contributed by atoms with van der Waals surface area (Å²) in [6.07, 6.45) is 7.94. The summed E-state index contributed by atoms with van der Waals surface area (Å²) in [4.78, 5) is 24.9. The molecule has 5 nitrogen and oxygen atoms in total. The SMILES string of the molecule is CN(Cc1ccccc1)C(=O)c1cncc(N(C)CCc2ccncc2)c1. The largest absolute Gasteiger partial charge is 0.373 e. The van der Waals surface area contributed by atoms with Gasteiger partial charge in [-0.05, 0) is 35.7 Å². The van der Waals surface area contributed by atoms with E-state index in [0.29, 0.717) is 12.1 Å². The number of carbonyl (C=O) groups is 1. The second-order valence-corrected chi connectivity index (χ2v) is 6.61. The maximum absolute atomic E-state index is 12.8. The zero-order chi connectivity index (χ0) is 19.1. The van der Waals surface area contributed by atoms with Crippen LogP contribution in [0.5, 0.6) is 0 Å². The molecular formula is C22H24N4O. The normalized spacial score (nSPS) is 10.4. The van der Waals surface area contributed by atoms with Gasteiger partial charge in [-0.25, -0.2) is 0 Å². The van der Waals surface area contributed by atoms with Crippen LogP contribution in [0.2, 0.25) is 0 Å². The molecule has 2 aromatic heterocycles. The van der Waals surface area contributed by atoms with Crippen molar-refractivity contribution in [3.05, 3.63) is 90.0 Å². The van der Waals surface area contributed by atoms with Crippen molar-refractivity contribution >= 4 is 11.6 Å². The number of carbonyl (C=O) groups excluding carboxylic acids is 1. The summed E-state index contributed by atoms with van der Waals surface area (Å²) >= 11 is 0. The molecule has 5 heteroatoms. The van der Waals surface area contributed by atoms with Crippen molar-refractivity contribution in [1.29, 1.82) is 0 Å². The minimum absolute atomic E-state index is 0.0317. The third-order valence-electron chi connectivity index (χ3n) is 4.51. The zero-order valence-electron chi connectivity index (χ0n) is 15.7. The van der Waals surface area contributed by atoms with E-state index in [0.717, 1.165) is 24.2 Å². The van der Waals surface area contributed by atoms with Crippen LogP contribution in [0.3, 0.4) is 0 Å². The summed E-state index contributed by atoms with van der Waals surface area (Å²) in [5, 5.41) is 0. The first-order valence-electron chi connectivity index (χ1n) is 8.98.